The SMILES string of the molecule is Cc1ccc(CN2CCC3(CC2)CC(Oc2cccnc2)CO3)cc1. The maximum atomic E-state index is 6.21. The van der Waals surface area contributed by atoms with Crippen LogP contribution in [0.3, 0.4) is 0 Å². The summed E-state index contributed by atoms with van der Waals surface area (Å²) in [4.78, 5) is 6.65. The summed E-state index contributed by atoms with van der Waals surface area (Å²) in [5.74, 6) is 0.838. The average molecular weight is 338 g/mol. The van der Waals surface area contributed by atoms with Gasteiger partial charge in [0.05, 0.1) is 18.4 Å². The second kappa shape index (κ2) is 7.14. The maximum Gasteiger partial charge on any atom is 0.138 e. The van der Waals surface area contributed by atoms with E-state index in [-0.39, 0.29) is 11.7 Å². The molecule has 2 aliphatic heterocycles. The first-order valence-electron chi connectivity index (χ1n) is 9.19. The lowest BCUT2D eigenvalue weighted by atomic mass is 9.88. The van der Waals surface area contributed by atoms with Crippen molar-refractivity contribution in [2.45, 2.75) is 44.4 Å². The van der Waals surface area contributed by atoms with Gasteiger partial charge in [0.25, 0.3) is 0 Å². The van der Waals surface area contributed by atoms with Gasteiger partial charge in [-0.2, -0.15) is 0 Å². The van der Waals surface area contributed by atoms with E-state index >= 15 is 0 Å². The highest BCUT2D eigenvalue weighted by Gasteiger charge is 2.43. The lowest BCUT2D eigenvalue weighted by Gasteiger charge is -2.38. The van der Waals surface area contributed by atoms with Crippen molar-refractivity contribution in [3.63, 3.8) is 0 Å². The highest BCUT2D eigenvalue weighted by atomic mass is 16.6. The number of aromatic nitrogens is 1. The molecule has 0 N–H and O–H groups in total. The van der Waals surface area contributed by atoms with Crippen LogP contribution < -0.4 is 4.74 Å². The first kappa shape index (κ1) is 16.6. The molecule has 2 aliphatic rings. The topological polar surface area (TPSA) is 34.6 Å². The molecule has 4 rings (SSSR count). The van der Waals surface area contributed by atoms with Crippen LogP contribution in [0.4, 0.5) is 0 Å². The number of rotatable bonds is 4. The standard InChI is InChI=1S/C21H26N2O2/c1-17-4-6-18(7-5-17)15-23-11-8-21(9-12-23)13-20(16-24-21)25-19-3-2-10-22-14-19/h2-7,10,14,20H,8-9,11-13,15-16H2,1H3. The molecule has 4 nitrogen and oxygen atoms in total. The summed E-state index contributed by atoms with van der Waals surface area (Å²) in [5, 5.41) is 0. The van der Waals surface area contributed by atoms with Crippen LogP contribution in [0, 0.1) is 6.92 Å². The molecular weight excluding hydrogens is 312 g/mol. The Bertz CT molecular complexity index is 679. The zero-order chi connectivity index (χ0) is 17.1. The van der Waals surface area contributed by atoms with E-state index in [9.17, 15) is 0 Å². The number of nitrogens with zero attached hydrogens (tertiary/aromatic N) is 2. The molecule has 1 aromatic carbocycles. The molecule has 0 radical (unpaired) electrons. The van der Waals surface area contributed by atoms with Gasteiger partial charge < -0.3 is 9.47 Å². The van der Waals surface area contributed by atoms with E-state index in [1.165, 1.54) is 11.1 Å². The highest BCUT2D eigenvalue weighted by molar-refractivity contribution is 5.21. The normalized spacial score (nSPS) is 23.0. The molecule has 0 aliphatic carbocycles. The van der Waals surface area contributed by atoms with Gasteiger partial charge in [-0.1, -0.05) is 29.8 Å². The van der Waals surface area contributed by atoms with Crippen LogP contribution >= 0.6 is 0 Å². The van der Waals surface area contributed by atoms with E-state index in [4.69, 9.17) is 9.47 Å². The molecule has 2 saturated heterocycles. The van der Waals surface area contributed by atoms with Gasteiger partial charge >= 0.3 is 0 Å². The van der Waals surface area contributed by atoms with Crippen LogP contribution in [0.2, 0.25) is 0 Å². The van der Waals surface area contributed by atoms with E-state index < -0.39 is 0 Å². The minimum absolute atomic E-state index is 0.0106. The molecule has 1 spiro atoms. The van der Waals surface area contributed by atoms with Crippen molar-refractivity contribution < 1.29 is 9.47 Å². The van der Waals surface area contributed by atoms with Crippen LogP contribution in [0.1, 0.15) is 30.4 Å². The zero-order valence-electron chi connectivity index (χ0n) is 14.9. The van der Waals surface area contributed by atoms with Gasteiger partial charge in [0.15, 0.2) is 0 Å². The second-order valence-corrected chi connectivity index (χ2v) is 7.39. The zero-order valence-corrected chi connectivity index (χ0v) is 14.9. The summed E-state index contributed by atoms with van der Waals surface area (Å²) in [6, 6.07) is 12.7. The number of hydrogen-bond acceptors (Lipinski definition) is 4. The van der Waals surface area contributed by atoms with Gasteiger partial charge in [-0.25, -0.2) is 0 Å². The van der Waals surface area contributed by atoms with Gasteiger partial charge in [-0.15, -0.1) is 0 Å². The van der Waals surface area contributed by atoms with Crippen molar-refractivity contribution in [3.05, 3.63) is 59.9 Å². The predicted molar refractivity (Wildman–Crippen MR) is 97.6 cm³/mol. The fourth-order valence-corrected chi connectivity index (χ4v) is 3.91. The molecule has 0 bridgehead atoms. The van der Waals surface area contributed by atoms with E-state index in [2.05, 4.69) is 41.1 Å². The minimum atomic E-state index is 0.0106. The van der Waals surface area contributed by atoms with Gasteiger partial charge in [-0.3, -0.25) is 9.88 Å². The quantitative estimate of drug-likeness (QED) is 0.853. The molecule has 3 heterocycles. The monoisotopic (exact) mass is 338 g/mol. The Labute approximate surface area is 149 Å². The van der Waals surface area contributed by atoms with Crippen molar-refractivity contribution in [1.82, 2.24) is 9.88 Å². The third kappa shape index (κ3) is 4.02. The Morgan fingerprint density at radius 1 is 1.20 bits per heavy atom. The smallest absolute Gasteiger partial charge is 0.138 e. The largest absolute Gasteiger partial charge is 0.486 e. The molecule has 2 aromatic rings. The van der Waals surface area contributed by atoms with Crippen molar-refractivity contribution >= 4 is 0 Å². The van der Waals surface area contributed by atoms with Crippen LogP contribution in [-0.2, 0) is 11.3 Å². The van der Waals surface area contributed by atoms with Crippen LogP contribution in [-0.4, -0.2) is 41.3 Å². The Kier molecular flexibility index (Phi) is 4.73. The Morgan fingerprint density at radius 2 is 2.00 bits per heavy atom. The highest BCUT2D eigenvalue weighted by Crippen LogP contribution is 2.37. The summed E-state index contributed by atoms with van der Waals surface area (Å²) >= 11 is 0. The third-order valence-corrected chi connectivity index (χ3v) is 5.41. The molecule has 2 fully saturated rings. The molecule has 25 heavy (non-hydrogen) atoms. The summed E-state index contributed by atoms with van der Waals surface area (Å²) in [5.41, 5.74) is 2.73. The molecule has 1 aromatic heterocycles. The predicted octanol–water partition coefficient (Wildman–Crippen LogP) is 3.59. The van der Waals surface area contributed by atoms with Gasteiger partial charge in [0.1, 0.15) is 11.9 Å². The lowest BCUT2D eigenvalue weighted by molar-refractivity contribution is -0.0454. The fraction of sp³-hybridized carbons (Fsp3) is 0.476. The maximum absolute atomic E-state index is 6.21. The van der Waals surface area contributed by atoms with Crippen molar-refractivity contribution in [2.75, 3.05) is 19.7 Å². The third-order valence-electron chi connectivity index (χ3n) is 5.41. The van der Waals surface area contributed by atoms with Gasteiger partial charge in [0.2, 0.25) is 0 Å². The van der Waals surface area contributed by atoms with Gasteiger partial charge in [0, 0.05) is 32.3 Å². The number of benzene rings is 1. The lowest BCUT2D eigenvalue weighted by Crippen LogP contribution is -2.44. The van der Waals surface area contributed by atoms with Crippen molar-refractivity contribution in [1.29, 1.82) is 0 Å². The molecule has 1 atom stereocenters. The van der Waals surface area contributed by atoms with Crippen LogP contribution in [0.15, 0.2) is 48.8 Å². The second-order valence-electron chi connectivity index (χ2n) is 7.39. The molecular formula is C21H26N2O2. The number of piperidine rings is 1. The average Bonchev–Trinajstić information content (AvgIpc) is 3.02. The minimum Gasteiger partial charge on any atom is -0.486 e. The van der Waals surface area contributed by atoms with Crippen LogP contribution in [0.25, 0.3) is 0 Å². The molecule has 0 amide bonds. The fourth-order valence-electron chi connectivity index (χ4n) is 3.91. The summed E-state index contributed by atoms with van der Waals surface area (Å²) in [7, 11) is 0. The summed E-state index contributed by atoms with van der Waals surface area (Å²) < 4.78 is 12.2. The number of pyridine rings is 1. The van der Waals surface area contributed by atoms with Crippen LogP contribution in [0.5, 0.6) is 5.75 Å². The summed E-state index contributed by atoms with van der Waals surface area (Å²) in [6.07, 6.45) is 6.85. The first-order valence-corrected chi connectivity index (χ1v) is 9.19. The number of aryl methyl sites for hydroxylation is 1. The van der Waals surface area contributed by atoms with Crippen molar-refractivity contribution in [2.24, 2.45) is 0 Å². The first-order chi connectivity index (χ1) is 12.2. The van der Waals surface area contributed by atoms with E-state index in [0.717, 1.165) is 44.6 Å². The molecule has 132 valence electrons. The van der Waals surface area contributed by atoms with Crippen molar-refractivity contribution in [3.8, 4) is 5.75 Å². The Morgan fingerprint density at radius 3 is 2.72 bits per heavy atom. The molecule has 4 heteroatoms. The summed E-state index contributed by atoms with van der Waals surface area (Å²) in [6.45, 7) is 6.04. The number of likely N-dealkylation sites (tertiary alicyclic amines) is 1. The molecule has 1 unspecified atom stereocenters. The number of ether oxygens (including phenoxy) is 2. The van der Waals surface area contributed by atoms with E-state index in [0.29, 0.717) is 6.61 Å². The molecule has 0 saturated carbocycles. The Balaban J connectivity index is 1.29. The van der Waals surface area contributed by atoms with E-state index in [1.807, 2.05) is 12.1 Å². The van der Waals surface area contributed by atoms with Gasteiger partial charge in [-0.05, 0) is 37.5 Å². The number of hydrogen-bond donors (Lipinski definition) is 0. The van der Waals surface area contributed by atoms with E-state index in [1.54, 1.807) is 12.4 Å². The Hall–Kier alpha value is -1.91.